The van der Waals surface area contributed by atoms with E-state index in [1.165, 1.54) is 0 Å². The molecule has 1 aromatic carbocycles. The molecule has 1 rings (SSSR count). The molecule has 0 aliphatic heterocycles. The Morgan fingerprint density at radius 3 is 2.65 bits per heavy atom. The van der Waals surface area contributed by atoms with Crippen molar-refractivity contribution in [3.05, 3.63) is 29.8 Å². The van der Waals surface area contributed by atoms with Crippen LogP contribution in [-0.4, -0.2) is 26.0 Å². The van der Waals surface area contributed by atoms with Crippen molar-refractivity contribution in [1.82, 2.24) is 4.72 Å². The number of carboxylic acid groups (broad SMARTS) is 1. The van der Waals surface area contributed by atoms with Gasteiger partial charge in [-0.1, -0.05) is 26.0 Å². The fourth-order valence-corrected chi connectivity index (χ4v) is 2.60. The van der Waals surface area contributed by atoms with Crippen LogP contribution in [0.3, 0.4) is 0 Å². The highest BCUT2D eigenvalue weighted by molar-refractivity contribution is 7.90. The maximum atomic E-state index is 11.7. The van der Waals surface area contributed by atoms with Crippen molar-refractivity contribution in [2.45, 2.75) is 26.7 Å². The van der Waals surface area contributed by atoms with Crippen LogP contribution in [0.25, 0.3) is 0 Å². The van der Waals surface area contributed by atoms with Gasteiger partial charge in [0.15, 0.2) is 0 Å². The van der Waals surface area contributed by atoms with Crippen molar-refractivity contribution in [2.24, 2.45) is 5.92 Å². The Labute approximate surface area is 119 Å². The molecule has 0 heterocycles. The molecule has 1 aromatic rings. The van der Waals surface area contributed by atoms with Crippen molar-refractivity contribution in [3.8, 4) is 0 Å². The summed E-state index contributed by atoms with van der Waals surface area (Å²) in [6.07, 6.45) is 0.607. The first kappa shape index (κ1) is 16.5. The number of carboxylic acids is 1. The highest BCUT2D eigenvalue weighted by atomic mass is 32.2. The molecule has 0 radical (unpaired) electrons. The van der Waals surface area contributed by atoms with Crippen LogP contribution in [0.4, 0.5) is 5.69 Å². The number of hydrogen-bond acceptors (Lipinski definition) is 3. The summed E-state index contributed by atoms with van der Waals surface area (Å²) in [5.74, 6) is -0.567. The van der Waals surface area contributed by atoms with Crippen LogP contribution in [0.1, 0.15) is 25.8 Å². The van der Waals surface area contributed by atoms with Gasteiger partial charge in [-0.15, -0.1) is 0 Å². The third-order valence-corrected chi connectivity index (χ3v) is 3.54. The lowest BCUT2D eigenvalue weighted by Crippen LogP contribution is -2.31. The molecule has 0 aromatic heterocycles. The zero-order valence-corrected chi connectivity index (χ0v) is 12.4. The molecule has 0 unspecified atom stereocenters. The molecule has 6 nitrogen and oxygen atoms in total. The van der Waals surface area contributed by atoms with Gasteiger partial charge in [0.2, 0.25) is 0 Å². The number of hydrogen-bond donors (Lipinski definition) is 3. The summed E-state index contributed by atoms with van der Waals surface area (Å²) in [5, 5.41) is 8.47. The lowest BCUT2D eigenvalue weighted by molar-refractivity contribution is -0.136. The Morgan fingerprint density at radius 1 is 1.35 bits per heavy atom. The van der Waals surface area contributed by atoms with Crippen molar-refractivity contribution < 1.29 is 18.3 Å². The first-order chi connectivity index (χ1) is 9.28. The summed E-state index contributed by atoms with van der Waals surface area (Å²) in [4.78, 5) is 10.3. The highest BCUT2D eigenvalue weighted by Crippen LogP contribution is 2.15. The van der Waals surface area contributed by atoms with Gasteiger partial charge in [-0.3, -0.25) is 9.52 Å². The van der Waals surface area contributed by atoms with Crippen LogP contribution in [0.15, 0.2) is 24.3 Å². The quantitative estimate of drug-likeness (QED) is 0.679. The van der Waals surface area contributed by atoms with Gasteiger partial charge >= 0.3 is 5.97 Å². The lowest BCUT2D eigenvalue weighted by Gasteiger charge is -2.11. The number of aliphatic carboxylic acids is 1. The maximum absolute atomic E-state index is 11.7. The van der Waals surface area contributed by atoms with Crippen LogP contribution >= 0.6 is 0 Å². The minimum atomic E-state index is -3.74. The number of carbonyl (C=O) groups is 1. The summed E-state index contributed by atoms with van der Waals surface area (Å²) in [5.41, 5.74) is 1.51. The lowest BCUT2D eigenvalue weighted by atomic mass is 10.0. The molecule has 0 atom stereocenters. The van der Waals surface area contributed by atoms with Crippen molar-refractivity contribution in [3.63, 3.8) is 0 Å². The van der Waals surface area contributed by atoms with E-state index in [1.807, 2.05) is 6.07 Å². The molecule has 0 saturated carbocycles. The zero-order valence-electron chi connectivity index (χ0n) is 11.6. The smallest absolute Gasteiger partial charge is 0.304 e. The van der Waals surface area contributed by atoms with E-state index < -0.39 is 16.2 Å². The summed E-state index contributed by atoms with van der Waals surface area (Å²) < 4.78 is 28.0. The molecule has 0 bridgehead atoms. The fourth-order valence-electron chi connectivity index (χ4n) is 1.72. The van der Waals surface area contributed by atoms with Crippen LogP contribution in [0.5, 0.6) is 0 Å². The van der Waals surface area contributed by atoms with Gasteiger partial charge in [-0.25, -0.2) is 0 Å². The molecule has 7 heteroatoms. The van der Waals surface area contributed by atoms with Gasteiger partial charge in [0.25, 0.3) is 10.2 Å². The average Bonchev–Trinajstić information content (AvgIpc) is 2.26. The van der Waals surface area contributed by atoms with E-state index in [-0.39, 0.29) is 13.0 Å². The Kier molecular flexibility index (Phi) is 5.97. The molecule has 0 aliphatic carbocycles. The second-order valence-corrected chi connectivity index (χ2v) is 6.44. The van der Waals surface area contributed by atoms with Crippen LogP contribution in [-0.2, 0) is 21.4 Å². The highest BCUT2D eigenvalue weighted by Gasteiger charge is 2.10. The molecule has 0 fully saturated rings. The average molecular weight is 300 g/mol. The predicted molar refractivity (Wildman–Crippen MR) is 77.8 cm³/mol. The summed E-state index contributed by atoms with van der Waals surface area (Å²) in [7, 11) is -3.74. The Balaban J connectivity index is 2.64. The van der Waals surface area contributed by atoms with E-state index in [1.54, 1.807) is 18.2 Å². The molecule has 0 amide bonds. The largest absolute Gasteiger partial charge is 0.481 e. The second kappa shape index (κ2) is 7.25. The number of benzene rings is 1. The minimum Gasteiger partial charge on any atom is -0.481 e. The molecular formula is C13H20N2O4S. The van der Waals surface area contributed by atoms with Crippen LogP contribution < -0.4 is 9.44 Å². The van der Waals surface area contributed by atoms with Gasteiger partial charge in [-0.05, 0) is 30.0 Å². The summed E-state index contributed by atoms with van der Waals surface area (Å²) >= 11 is 0. The third-order valence-electron chi connectivity index (χ3n) is 2.45. The van der Waals surface area contributed by atoms with Gasteiger partial charge < -0.3 is 5.11 Å². The normalized spacial score (nSPS) is 11.6. The van der Waals surface area contributed by atoms with E-state index in [9.17, 15) is 13.2 Å². The molecule has 112 valence electrons. The SMILES string of the molecule is CC(C)Cc1cccc(NS(=O)(=O)NCCC(=O)O)c1. The maximum Gasteiger partial charge on any atom is 0.304 e. The zero-order chi connectivity index (χ0) is 15.2. The second-order valence-electron chi connectivity index (χ2n) is 4.94. The van der Waals surface area contributed by atoms with Crippen molar-refractivity contribution >= 4 is 21.9 Å². The molecule has 20 heavy (non-hydrogen) atoms. The van der Waals surface area contributed by atoms with E-state index in [2.05, 4.69) is 23.3 Å². The fraction of sp³-hybridized carbons (Fsp3) is 0.462. The third kappa shape index (κ3) is 6.53. The Morgan fingerprint density at radius 2 is 2.05 bits per heavy atom. The summed E-state index contributed by atoms with van der Waals surface area (Å²) in [6, 6.07) is 7.15. The molecule has 0 aliphatic rings. The molecule has 3 N–H and O–H groups in total. The Bertz CT molecular complexity index is 555. The van der Waals surface area contributed by atoms with Gasteiger partial charge in [0.05, 0.1) is 12.1 Å². The first-order valence-corrected chi connectivity index (χ1v) is 7.85. The van der Waals surface area contributed by atoms with Crippen LogP contribution in [0.2, 0.25) is 0 Å². The first-order valence-electron chi connectivity index (χ1n) is 6.36. The predicted octanol–water partition coefficient (Wildman–Crippen LogP) is 1.61. The summed E-state index contributed by atoms with van der Waals surface area (Å²) in [6.45, 7) is 4.03. The van der Waals surface area contributed by atoms with E-state index in [0.717, 1.165) is 12.0 Å². The molecule has 0 spiro atoms. The van der Waals surface area contributed by atoms with Crippen molar-refractivity contribution in [2.75, 3.05) is 11.3 Å². The minimum absolute atomic E-state index is 0.143. The van der Waals surface area contributed by atoms with E-state index in [0.29, 0.717) is 11.6 Å². The van der Waals surface area contributed by atoms with Crippen molar-refractivity contribution in [1.29, 1.82) is 0 Å². The van der Waals surface area contributed by atoms with Crippen LogP contribution in [0, 0.1) is 5.92 Å². The molecular weight excluding hydrogens is 280 g/mol. The monoisotopic (exact) mass is 300 g/mol. The van der Waals surface area contributed by atoms with Gasteiger partial charge in [0, 0.05) is 6.54 Å². The number of anilines is 1. The van der Waals surface area contributed by atoms with E-state index in [4.69, 9.17) is 5.11 Å². The molecule has 0 saturated heterocycles. The Hall–Kier alpha value is -1.60. The van der Waals surface area contributed by atoms with Gasteiger partial charge in [0.1, 0.15) is 0 Å². The number of rotatable bonds is 8. The van der Waals surface area contributed by atoms with E-state index >= 15 is 0 Å². The number of nitrogens with one attached hydrogen (secondary N) is 2. The topological polar surface area (TPSA) is 95.5 Å². The van der Waals surface area contributed by atoms with Gasteiger partial charge in [-0.2, -0.15) is 13.1 Å². The standard InChI is InChI=1S/C13H20N2O4S/c1-10(2)8-11-4-3-5-12(9-11)15-20(18,19)14-7-6-13(16)17/h3-5,9-10,14-15H,6-8H2,1-2H3,(H,16,17).